The van der Waals surface area contributed by atoms with Gasteiger partial charge in [-0.2, -0.15) is 0 Å². The molecule has 9 heteroatoms. The number of rotatable bonds is 8. The Morgan fingerprint density at radius 2 is 1.03 bits per heavy atom. The Morgan fingerprint density at radius 1 is 0.655 bits per heavy atom. The molecule has 0 unspecified atom stereocenters. The van der Waals surface area contributed by atoms with Gasteiger partial charge in [0, 0.05) is 0 Å². The maximum absolute atomic E-state index is 12.7. The van der Waals surface area contributed by atoms with Gasteiger partial charge in [0.1, 0.15) is 0 Å². The van der Waals surface area contributed by atoms with Crippen molar-refractivity contribution in [1.29, 1.82) is 0 Å². The number of benzene rings is 2. The molecule has 29 heavy (non-hydrogen) atoms. The molecule has 0 saturated carbocycles. The molecule has 2 aromatic carbocycles. The molecule has 0 amide bonds. The van der Waals surface area contributed by atoms with E-state index in [1.165, 1.54) is 28.4 Å². The molecule has 0 heterocycles. The van der Waals surface area contributed by atoms with E-state index in [1.807, 2.05) is 0 Å². The van der Waals surface area contributed by atoms with Gasteiger partial charge in [0.25, 0.3) is 0 Å². The zero-order valence-electron chi connectivity index (χ0n) is 17.2. The first-order chi connectivity index (χ1) is 13.8. The number of methoxy groups -OCH3 is 4. The fourth-order valence-corrected chi connectivity index (χ4v) is 5.97. The van der Waals surface area contributed by atoms with Crippen LogP contribution >= 0.6 is 0 Å². The molecule has 8 nitrogen and oxygen atoms in total. The summed E-state index contributed by atoms with van der Waals surface area (Å²) < 4.78 is 32.2. The molecule has 2 aromatic rings. The van der Waals surface area contributed by atoms with Crippen LogP contribution in [-0.4, -0.2) is 59.6 Å². The van der Waals surface area contributed by atoms with E-state index >= 15 is 0 Å². The molecule has 2 rings (SSSR count). The molecule has 0 aliphatic heterocycles. The van der Waals surface area contributed by atoms with Crippen LogP contribution in [-0.2, 0) is 6.15 Å². The summed E-state index contributed by atoms with van der Waals surface area (Å²) >= 11 is -4.05. The van der Waals surface area contributed by atoms with Crippen LogP contribution in [0, 0.1) is 0 Å². The van der Waals surface area contributed by atoms with Crippen molar-refractivity contribution >= 4 is 31.1 Å². The Bertz CT molecular complexity index is 823. The molecule has 0 atom stereocenters. The van der Waals surface area contributed by atoms with Crippen molar-refractivity contribution < 1.29 is 34.7 Å². The van der Waals surface area contributed by atoms with E-state index in [0.29, 0.717) is 11.5 Å². The van der Waals surface area contributed by atoms with Gasteiger partial charge in [-0.3, -0.25) is 0 Å². The summed E-state index contributed by atoms with van der Waals surface area (Å²) in [5.41, 5.74) is 0.373. The van der Waals surface area contributed by atoms with Crippen molar-refractivity contribution in [3.8, 4) is 23.0 Å². The second kappa shape index (κ2) is 9.73. The first-order valence-corrected chi connectivity index (χ1v) is 16.7. The summed E-state index contributed by atoms with van der Waals surface area (Å²) in [6.45, 7) is 0. The number of carbonyl (C=O) groups excluding carboxylic acids is 2. The van der Waals surface area contributed by atoms with Crippen molar-refractivity contribution in [1.82, 2.24) is 0 Å². The van der Waals surface area contributed by atoms with Gasteiger partial charge in [0.05, 0.1) is 0 Å². The van der Waals surface area contributed by atoms with Gasteiger partial charge in [-0.1, -0.05) is 0 Å². The van der Waals surface area contributed by atoms with E-state index in [9.17, 15) is 9.59 Å². The first kappa shape index (κ1) is 22.7. The predicted molar refractivity (Wildman–Crippen MR) is 107 cm³/mol. The average Bonchev–Trinajstić information content (AvgIpc) is 2.71. The Balaban J connectivity index is 2.23. The number of carbonyl (C=O) groups is 2. The van der Waals surface area contributed by atoms with Crippen LogP contribution in [0.25, 0.3) is 0 Å². The summed E-state index contributed by atoms with van der Waals surface area (Å²) in [6.07, 6.45) is 0. The summed E-state index contributed by atoms with van der Waals surface area (Å²) in [5, 5.41) is 0. The van der Waals surface area contributed by atoms with Crippen LogP contribution in [0.2, 0.25) is 9.88 Å². The number of hydrogen-bond donors (Lipinski definition) is 0. The zero-order chi connectivity index (χ0) is 21.6. The van der Waals surface area contributed by atoms with Crippen molar-refractivity contribution in [2.45, 2.75) is 9.88 Å². The van der Waals surface area contributed by atoms with Crippen LogP contribution in [0.1, 0.15) is 20.7 Å². The van der Waals surface area contributed by atoms with Crippen molar-refractivity contribution in [2.75, 3.05) is 28.4 Å². The summed E-state index contributed by atoms with van der Waals surface area (Å²) in [6, 6.07) is 9.73. The van der Waals surface area contributed by atoms with Gasteiger partial charge in [-0.25, -0.2) is 0 Å². The van der Waals surface area contributed by atoms with Gasteiger partial charge in [0.15, 0.2) is 0 Å². The minimum absolute atomic E-state index is 0.187. The Labute approximate surface area is 174 Å². The van der Waals surface area contributed by atoms with Crippen LogP contribution in [0.15, 0.2) is 36.4 Å². The second-order valence-electron chi connectivity index (χ2n) is 6.26. The van der Waals surface area contributed by atoms with E-state index in [-0.39, 0.29) is 22.6 Å². The molecular formula is C20H24O8Sn. The molecule has 0 aliphatic rings. The molecule has 0 spiro atoms. The van der Waals surface area contributed by atoms with Crippen molar-refractivity contribution in [2.24, 2.45) is 0 Å². The standard InChI is InChI=1S/2C9H10O4.2CH3.Sn/c2*1-12-7-5-3-4-6(9(10)11)8(7)13-2;;;/h2*3-5H,1-2H3,(H,10,11);2*1H3;/q;;;;+2/p-2. The van der Waals surface area contributed by atoms with Gasteiger partial charge in [0.2, 0.25) is 0 Å². The zero-order valence-corrected chi connectivity index (χ0v) is 20.1. The summed E-state index contributed by atoms with van der Waals surface area (Å²) in [4.78, 5) is 28.7. The second-order valence-corrected chi connectivity index (χ2v) is 15.4. The molecule has 0 fully saturated rings. The van der Waals surface area contributed by atoms with Gasteiger partial charge < -0.3 is 0 Å². The third-order valence-corrected chi connectivity index (χ3v) is 7.79. The quantitative estimate of drug-likeness (QED) is 0.499. The fraction of sp³-hybridized carbons (Fsp3) is 0.300. The summed E-state index contributed by atoms with van der Waals surface area (Å²) in [7, 11) is 5.80. The van der Waals surface area contributed by atoms with E-state index in [0.717, 1.165) is 0 Å². The molecule has 0 aromatic heterocycles. The number of para-hydroxylation sites is 2. The number of ether oxygens (including phenoxy) is 4. The SMILES string of the molecule is COc1cccc(C(=O)[O][Sn]([CH3])([CH3])[O]C(=O)c2cccc(OC)c2OC)c1OC. The van der Waals surface area contributed by atoms with Crippen LogP contribution in [0.4, 0.5) is 0 Å². The van der Waals surface area contributed by atoms with E-state index in [1.54, 1.807) is 46.3 Å². The molecule has 0 N–H and O–H groups in total. The third kappa shape index (κ3) is 5.25. The molecular weight excluding hydrogens is 487 g/mol. The van der Waals surface area contributed by atoms with Gasteiger partial charge in [-0.05, 0) is 0 Å². The topological polar surface area (TPSA) is 89.5 Å². The van der Waals surface area contributed by atoms with E-state index in [2.05, 4.69) is 0 Å². The molecule has 0 aliphatic carbocycles. The van der Waals surface area contributed by atoms with Crippen molar-refractivity contribution in [3.05, 3.63) is 47.5 Å². The normalized spacial score (nSPS) is 10.7. The van der Waals surface area contributed by atoms with Gasteiger partial charge in [-0.15, -0.1) is 0 Å². The average molecular weight is 511 g/mol. The Morgan fingerprint density at radius 3 is 1.34 bits per heavy atom. The van der Waals surface area contributed by atoms with Gasteiger partial charge >= 0.3 is 175 Å². The Kier molecular flexibility index (Phi) is 7.60. The molecule has 0 radical (unpaired) electrons. The summed E-state index contributed by atoms with van der Waals surface area (Å²) in [5.74, 6) is 0.00538. The number of hydrogen-bond acceptors (Lipinski definition) is 8. The monoisotopic (exact) mass is 512 g/mol. The maximum atomic E-state index is 12.7. The van der Waals surface area contributed by atoms with E-state index in [4.69, 9.17) is 25.1 Å². The van der Waals surface area contributed by atoms with Crippen molar-refractivity contribution in [3.63, 3.8) is 0 Å². The molecule has 156 valence electrons. The first-order valence-electron chi connectivity index (χ1n) is 8.66. The van der Waals surface area contributed by atoms with Crippen LogP contribution in [0.5, 0.6) is 23.0 Å². The minimum atomic E-state index is -4.05. The predicted octanol–water partition coefficient (Wildman–Crippen LogP) is 3.44. The fourth-order valence-electron chi connectivity index (χ4n) is 2.67. The van der Waals surface area contributed by atoms with E-state index < -0.39 is 31.1 Å². The molecule has 0 saturated heterocycles. The molecule has 0 bridgehead atoms. The van der Waals surface area contributed by atoms with Crippen LogP contribution < -0.4 is 18.9 Å². The Hall–Kier alpha value is -2.62. The van der Waals surface area contributed by atoms with Crippen LogP contribution in [0.3, 0.4) is 0 Å². The third-order valence-electron chi connectivity index (χ3n) is 3.92.